The van der Waals surface area contributed by atoms with Gasteiger partial charge in [0.05, 0.1) is 0 Å². The second-order valence-corrected chi connectivity index (χ2v) is 3.87. The summed E-state index contributed by atoms with van der Waals surface area (Å²) < 4.78 is 37.2. The molecule has 0 amide bonds. The summed E-state index contributed by atoms with van der Waals surface area (Å²) in [4.78, 5) is 5.86. The lowest BCUT2D eigenvalue weighted by atomic mass is 10.1. The number of hydrogen-bond donors (Lipinski definition) is 1. The number of aromatic nitrogens is 1. The third kappa shape index (κ3) is 2.69. The van der Waals surface area contributed by atoms with Crippen LogP contribution in [0.15, 0.2) is 30.0 Å². The number of nitrogens with two attached hydrogens (primary N) is 1. The number of halogens is 3. The average Bonchev–Trinajstić information content (AvgIpc) is 2.28. The molecule has 0 aliphatic carbocycles. The van der Waals surface area contributed by atoms with Crippen LogP contribution in [0.4, 0.5) is 24.7 Å². The molecule has 0 bridgehead atoms. The Balaban J connectivity index is 2.12. The predicted octanol–water partition coefficient (Wildman–Crippen LogP) is 2.36. The van der Waals surface area contributed by atoms with Crippen molar-refractivity contribution in [3.05, 3.63) is 30.0 Å². The molecule has 17 heavy (non-hydrogen) atoms. The highest BCUT2D eigenvalue weighted by molar-refractivity contribution is 5.51. The van der Waals surface area contributed by atoms with Crippen LogP contribution >= 0.6 is 0 Å². The molecule has 0 atom stereocenters. The van der Waals surface area contributed by atoms with Crippen LogP contribution in [0.2, 0.25) is 0 Å². The van der Waals surface area contributed by atoms with Gasteiger partial charge in [-0.2, -0.15) is 13.2 Å². The van der Waals surface area contributed by atoms with Gasteiger partial charge in [-0.15, -0.1) is 0 Å². The van der Waals surface area contributed by atoms with Crippen molar-refractivity contribution in [1.29, 1.82) is 0 Å². The predicted molar refractivity (Wildman–Crippen MR) is 59.6 cm³/mol. The van der Waals surface area contributed by atoms with Crippen molar-refractivity contribution < 1.29 is 13.2 Å². The van der Waals surface area contributed by atoms with E-state index in [0.717, 1.165) is 0 Å². The van der Waals surface area contributed by atoms with Gasteiger partial charge in [0.25, 0.3) is 0 Å². The van der Waals surface area contributed by atoms with Crippen LogP contribution in [0.1, 0.15) is 6.42 Å². The first kappa shape index (κ1) is 11.8. The number of alkyl halides is 3. The van der Waals surface area contributed by atoms with Crippen molar-refractivity contribution in [1.82, 2.24) is 4.98 Å². The van der Waals surface area contributed by atoms with Gasteiger partial charge in [0.2, 0.25) is 0 Å². The van der Waals surface area contributed by atoms with Crippen molar-refractivity contribution in [3.8, 4) is 0 Å². The van der Waals surface area contributed by atoms with E-state index in [1.54, 1.807) is 23.2 Å². The summed E-state index contributed by atoms with van der Waals surface area (Å²) in [6, 6.07) is 3.30. The number of anilines is 2. The van der Waals surface area contributed by atoms with E-state index in [2.05, 4.69) is 4.98 Å². The molecule has 1 aromatic rings. The van der Waals surface area contributed by atoms with Crippen LogP contribution in [-0.4, -0.2) is 24.2 Å². The van der Waals surface area contributed by atoms with E-state index < -0.39 is 11.7 Å². The highest BCUT2D eigenvalue weighted by atomic mass is 19.4. The lowest BCUT2D eigenvalue weighted by molar-refractivity contribution is -0.0944. The standard InChI is InChI=1S/C11H12F3N3/c12-11(13,14)8-2-5-17(6-3-8)10-7-9(15)1-4-16-10/h1-2,4,7H,3,5-6H2,(H2,15,16). The fourth-order valence-electron chi connectivity index (χ4n) is 1.74. The Morgan fingerprint density at radius 3 is 2.65 bits per heavy atom. The van der Waals surface area contributed by atoms with Crippen LogP contribution in [0.5, 0.6) is 0 Å². The third-order valence-electron chi connectivity index (χ3n) is 2.67. The van der Waals surface area contributed by atoms with Gasteiger partial charge in [0, 0.05) is 36.6 Å². The topological polar surface area (TPSA) is 42.1 Å². The van der Waals surface area contributed by atoms with E-state index >= 15 is 0 Å². The fourth-order valence-corrected chi connectivity index (χ4v) is 1.74. The summed E-state index contributed by atoms with van der Waals surface area (Å²) in [5.74, 6) is 0.613. The third-order valence-corrected chi connectivity index (χ3v) is 2.67. The second-order valence-electron chi connectivity index (χ2n) is 3.87. The molecule has 1 aromatic heterocycles. The molecule has 6 heteroatoms. The van der Waals surface area contributed by atoms with Crippen molar-refractivity contribution in [3.63, 3.8) is 0 Å². The van der Waals surface area contributed by atoms with Gasteiger partial charge in [0.1, 0.15) is 5.82 Å². The number of pyridine rings is 1. The summed E-state index contributed by atoms with van der Waals surface area (Å²) in [6.45, 7) is 0.521. The molecule has 0 saturated heterocycles. The number of hydrogen-bond acceptors (Lipinski definition) is 3. The lowest BCUT2D eigenvalue weighted by Crippen LogP contribution is -2.32. The molecular formula is C11H12F3N3. The Morgan fingerprint density at radius 2 is 2.12 bits per heavy atom. The normalized spacial score (nSPS) is 16.9. The summed E-state index contributed by atoms with van der Waals surface area (Å²) in [5.41, 5.74) is 5.70. The van der Waals surface area contributed by atoms with Gasteiger partial charge in [0.15, 0.2) is 0 Å². The fraction of sp³-hybridized carbons (Fsp3) is 0.364. The van der Waals surface area contributed by atoms with E-state index in [4.69, 9.17) is 5.73 Å². The molecule has 0 saturated carbocycles. The lowest BCUT2D eigenvalue weighted by Gasteiger charge is -2.28. The Morgan fingerprint density at radius 1 is 1.35 bits per heavy atom. The Hall–Kier alpha value is -1.72. The van der Waals surface area contributed by atoms with Gasteiger partial charge in [-0.25, -0.2) is 4.98 Å². The zero-order chi connectivity index (χ0) is 12.5. The summed E-state index contributed by atoms with van der Waals surface area (Å²) >= 11 is 0. The number of nitrogen functional groups attached to an aromatic ring is 1. The molecule has 2 heterocycles. The minimum atomic E-state index is -4.21. The molecule has 0 unspecified atom stereocenters. The minimum Gasteiger partial charge on any atom is -0.399 e. The Bertz CT molecular complexity index is 440. The van der Waals surface area contributed by atoms with E-state index in [-0.39, 0.29) is 13.0 Å². The number of rotatable bonds is 1. The van der Waals surface area contributed by atoms with E-state index in [9.17, 15) is 13.2 Å². The maximum atomic E-state index is 12.4. The van der Waals surface area contributed by atoms with Crippen molar-refractivity contribution >= 4 is 11.5 Å². The van der Waals surface area contributed by atoms with Crippen LogP contribution in [0.25, 0.3) is 0 Å². The van der Waals surface area contributed by atoms with Crippen LogP contribution in [0.3, 0.4) is 0 Å². The van der Waals surface area contributed by atoms with Crippen molar-refractivity contribution in [2.75, 3.05) is 23.7 Å². The zero-order valence-corrected chi connectivity index (χ0v) is 9.04. The molecule has 92 valence electrons. The first-order valence-corrected chi connectivity index (χ1v) is 5.19. The van der Waals surface area contributed by atoms with Gasteiger partial charge < -0.3 is 10.6 Å². The Kier molecular flexibility index (Phi) is 2.95. The molecule has 3 nitrogen and oxygen atoms in total. The van der Waals surface area contributed by atoms with E-state index in [1.807, 2.05) is 0 Å². The highest BCUT2D eigenvalue weighted by Gasteiger charge is 2.34. The second kappa shape index (κ2) is 4.27. The molecule has 0 spiro atoms. The molecule has 0 radical (unpaired) electrons. The van der Waals surface area contributed by atoms with Crippen LogP contribution < -0.4 is 10.6 Å². The Labute approximate surface area is 96.7 Å². The molecule has 2 rings (SSSR count). The van der Waals surface area contributed by atoms with Gasteiger partial charge in [-0.1, -0.05) is 6.08 Å². The summed E-state index contributed by atoms with van der Waals surface area (Å²) in [7, 11) is 0. The summed E-state index contributed by atoms with van der Waals surface area (Å²) in [5, 5.41) is 0. The SMILES string of the molecule is Nc1ccnc(N2CC=C(C(F)(F)F)CC2)c1. The maximum absolute atomic E-state index is 12.4. The quantitative estimate of drug-likeness (QED) is 0.770. The highest BCUT2D eigenvalue weighted by Crippen LogP contribution is 2.31. The molecule has 0 fully saturated rings. The molecule has 0 aromatic carbocycles. The smallest absolute Gasteiger partial charge is 0.399 e. The van der Waals surface area contributed by atoms with Gasteiger partial charge in [-0.3, -0.25) is 0 Å². The van der Waals surface area contributed by atoms with Crippen molar-refractivity contribution in [2.45, 2.75) is 12.6 Å². The number of nitrogens with zero attached hydrogens (tertiary/aromatic N) is 2. The molecular weight excluding hydrogens is 231 g/mol. The maximum Gasteiger partial charge on any atom is 0.412 e. The average molecular weight is 243 g/mol. The molecule has 1 aliphatic rings. The molecule has 2 N–H and O–H groups in total. The zero-order valence-electron chi connectivity index (χ0n) is 9.04. The van der Waals surface area contributed by atoms with Crippen LogP contribution in [-0.2, 0) is 0 Å². The van der Waals surface area contributed by atoms with Gasteiger partial charge >= 0.3 is 6.18 Å². The minimum absolute atomic E-state index is 0.0139. The van der Waals surface area contributed by atoms with Gasteiger partial charge in [-0.05, 0) is 12.5 Å². The monoisotopic (exact) mass is 243 g/mol. The van der Waals surface area contributed by atoms with E-state index in [0.29, 0.717) is 18.1 Å². The largest absolute Gasteiger partial charge is 0.412 e. The van der Waals surface area contributed by atoms with E-state index in [1.165, 1.54) is 6.08 Å². The van der Waals surface area contributed by atoms with Crippen molar-refractivity contribution in [2.24, 2.45) is 0 Å². The summed E-state index contributed by atoms with van der Waals surface area (Å²) in [6.07, 6.45) is -1.47. The molecule has 1 aliphatic heterocycles. The van der Waals surface area contributed by atoms with Crippen LogP contribution in [0, 0.1) is 0 Å². The first-order valence-electron chi connectivity index (χ1n) is 5.19. The first-order chi connectivity index (χ1) is 7.97.